The van der Waals surface area contributed by atoms with Gasteiger partial charge in [0.1, 0.15) is 4.21 Å². The lowest BCUT2D eigenvalue weighted by molar-refractivity contribution is 0.153. The Balaban J connectivity index is 2.64. The van der Waals surface area contributed by atoms with Gasteiger partial charge in [-0.1, -0.05) is 11.6 Å². The van der Waals surface area contributed by atoms with Gasteiger partial charge < -0.3 is 4.74 Å². The molecule has 0 bridgehead atoms. The minimum absolute atomic E-state index is 0.195. The summed E-state index contributed by atoms with van der Waals surface area (Å²) in [5.41, 5.74) is 0. The van der Waals surface area contributed by atoms with E-state index in [1.165, 1.54) is 6.07 Å². The lowest BCUT2D eigenvalue weighted by atomic mass is 10.7. The predicted molar refractivity (Wildman–Crippen MR) is 68.7 cm³/mol. The van der Waals surface area contributed by atoms with Crippen molar-refractivity contribution in [2.24, 2.45) is 0 Å². The Morgan fingerprint density at radius 1 is 1.62 bits per heavy atom. The van der Waals surface area contributed by atoms with E-state index in [9.17, 15) is 8.42 Å². The molecule has 0 aliphatic rings. The van der Waals surface area contributed by atoms with Crippen molar-refractivity contribution in [3.8, 4) is 0 Å². The third kappa shape index (κ3) is 3.97. The molecule has 0 unspecified atom stereocenters. The number of rotatable bonds is 6. The average Bonchev–Trinajstić information content (AvgIpc) is 2.55. The van der Waals surface area contributed by atoms with Gasteiger partial charge in [0.15, 0.2) is 0 Å². The van der Waals surface area contributed by atoms with Crippen molar-refractivity contribution >= 4 is 48.9 Å². The maximum atomic E-state index is 11.7. The quantitative estimate of drug-likeness (QED) is 0.804. The van der Waals surface area contributed by atoms with Crippen LogP contribution in [-0.4, -0.2) is 28.2 Å². The first-order valence-electron chi connectivity index (χ1n) is 4.49. The van der Waals surface area contributed by atoms with E-state index in [-0.39, 0.29) is 10.8 Å². The van der Waals surface area contributed by atoms with Crippen molar-refractivity contribution < 1.29 is 13.2 Å². The third-order valence-electron chi connectivity index (χ3n) is 1.63. The fourth-order valence-electron chi connectivity index (χ4n) is 0.923. The highest BCUT2D eigenvalue weighted by Crippen LogP contribution is 2.34. The number of nitrogens with one attached hydrogen (secondary N) is 1. The van der Waals surface area contributed by atoms with Gasteiger partial charge in [0, 0.05) is 13.2 Å². The van der Waals surface area contributed by atoms with Crippen LogP contribution >= 0.6 is 38.9 Å². The van der Waals surface area contributed by atoms with Gasteiger partial charge in [-0.15, -0.1) is 11.3 Å². The number of sulfonamides is 1. The minimum atomic E-state index is -3.47. The summed E-state index contributed by atoms with van der Waals surface area (Å²) in [4.78, 5) is 0. The molecule has 4 nitrogen and oxygen atoms in total. The molecule has 0 aliphatic carbocycles. The molecule has 1 aromatic rings. The Labute approximate surface area is 112 Å². The molecule has 0 fully saturated rings. The van der Waals surface area contributed by atoms with E-state index in [0.29, 0.717) is 22.0 Å². The molecule has 1 rings (SSSR count). The summed E-state index contributed by atoms with van der Waals surface area (Å²) in [5, 5.41) is 0.398. The van der Waals surface area contributed by atoms with E-state index in [1.807, 2.05) is 6.92 Å². The number of halogens is 2. The minimum Gasteiger partial charge on any atom is -0.380 e. The largest absolute Gasteiger partial charge is 0.380 e. The smallest absolute Gasteiger partial charge is 0.250 e. The molecular formula is C8H11BrClNO3S2. The summed E-state index contributed by atoms with van der Waals surface area (Å²) in [5.74, 6) is 0. The molecular weight excluding hydrogens is 338 g/mol. The van der Waals surface area contributed by atoms with Crippen LogP contribution in [0.5, 0.6) is 0 Å². The molecule has 0 aromatic carbocycles. The van der Waals surface area contributed by atoms with Crippen LogP contribution in [0.25, 0.3) is 0 Å². The highest BCUT2D eigenvalue weighted by atomic mass is 79.9. The van der Waals surface area contributed by atoms with E-state index in [2.05, 4.69) is 20.7 Å². The standard InChI is InChI=1S/C8H11BrClNO3S2/c1-2-14-4-3-11-16(12,13)7-5-6(10)8(9)15-7/h5,11H,2-4H2,1H3. The molecule has 0 amide bonds. The van der Waals surface area contributed by atoms with Crippen LogP contribution in [0, 0.1) is 0 Å². The van der Waals surface area contributed by atoms with Crippen LogP contribution in [0.3, 0.4) is 0 Å². The SMILES string of the molecule is CCOCCNS(=O)(=O)c1cc(Cl)c(Br)s1. The molecule has 0 aliphatic heterocycles. The van der Waals surface area contributed by atoms with Gasteiger partial charge >= 0.3 is 0 Å². The fourth-order valence-corrected chi connectivity index (χ4v) is 4.38. The summed E-state index contributed by atoms with van der Waals surface area (Å²) in [6.07, 6.45) is 0. The van der Waals surface area contributed by atoms with Gasteiger partial charge in [-0.25, -0.2) is 13.1 Å². The van der Waals surface area contributed by atoms with Crippen molar-refractivity contribution in [1.29, 1.82) is 0 Å². The zero-order valence-electron chi connectivity index (χ0n) is 8.50. The number of ether oxygens (including phenoxy) is 1. The first kappa shape index (κ1) is 14.4. The molecule has 1 N–H and O–H groups in total. The van der Waals surface area contributed by atoms with Crippen LogP contribution in [0.2, 0.25) is 5.02 Å². The molecule has 0 spiro atoms. The molecule has 8 heteroatoms. The second-order valence-electron chi connectivity index (χ2n) is 2.78. The zero-order valence-corrected chi connectivity index (χ0v) is 12.5. The summed E-state index contributed by atoms with van der Waals surface area (Å²) >= 11 is 10.0. The monoisotopic (exact) mass is 347 g/mol. The summed E-state index contributed by atoms with van der Waals surface area (Å²) in [7, 11) is -3.47. The van der Waals surface area contributed by atoms with Crippen molar-refractivity contribution in [2.75, 3.05) is 19.8 Å². The van der Waals surface area contributed by atoms with Gasteiger partial charge in [-0.05, 0) is 28.9 Å². The van der Waals surface area contributed by atoms with E-state index >= 15 is 0 Å². The summed E-state index contributed by atoms with van der Waals surface area (Å²) < 4.78 is 31.7. The first-order chi connectivity index (χ1) is 7.47. The molecule has 0 radical (unpaired) electrons. The average molecular weight is 349 g/mol. The molecule has 92 valence electrons. The zero-order chi connectivity index (χ0) is 12.2. The number of hydrogen-bond acceptors (Lipinski definition) is 4. The van der Waals surface area contributed by atoms with E-state index in [4.69, 9.17) is 16.3 Å². The molecule has 1 heterocycles. The Morgan fingerprint density at radius 2 is 2.31 bits per heavy atom. The first-order valence-corrected chi connectivity index (χ1v) is 7.96. The Bertz CT molecular complexity index is 427. The normalized spacial score (nSPS) is 11.9. The van der Waals surface area contributed by atoms with E-state index in [0.717, 1.165) is 11.3 Å². The van der Waals surface area contributed by atoms with Gasteiger partial charge in [0.25, 0.3) is 0 Å². The van der Waals surface area contributed by atoms with E-state index < -0.39 is 10.0 Å². The maximum absolute atomic E-state index is 11.7. The van der Waals surface area contributed by atoms with Crippen molar-refractivity contribution in [3.05, 3.63) is 14.9 Å². The summed E-state index contributed by atoms with van der Waals surface area (Å²) in [6.45, 7) is 3.03. The van der Waals surface area contributed by atoms with Gasteiger partial charge in [0.05, 0.1) is 15.4 Å². The van der Waals surface area contributed by atoms with Gasteiger partial charge in [-0.2, -0.15) is 0 Å². The van der Waals surface area contributed by atoms with Crippen LogP contribution in [0.15, 0.2) is 14.1 Å². The molecule has 1 aromatic heterocycles. The molecule has 16 heavy (non-hydrogen) atoms. The van der Waals surface area contributed by atoms with Crippen LogP contribution in [-0.2, 0) is 14.8 Å². The van der Waals surface area contributed by atoms with E-state index in [1.54, 1.807) is 0 Å². The molecule has 0 atom stereocenters. The summed E-state index contributed by atoms with van der Waals surface area (Å²) in [6, 6.07) is 1.42. The van der Waals surface area contributed by atoms with Crippen molar-refractivity contribution in [3.63, 3.8) is 0 Å². The van der Waals surface area contributed by atoms with Gasteiger partial charge in [-0.3, -0.25) is 0 Å². The predicted octanol–water partition coefficient (Wildman–Crippen LogP) is 2.48. The maximum Gasteiger partial charge on any atom is 0.250 e. The highest BCUT2D eigenvalue weighted by Gasteiger charge is 2.18. The Hall–Kier alpha value is 0.340. The van der Waals surface area contributed by atoms with Gasteiger partial charge in [0.2, 0.25) is 10.0 Å². The molecule has 0 saturated carbocycles. The second kappa shape index (κ2) is 6.32. The Morgan fingerprint density at radius 3 is 2.81 bits per heavy atom. The topological polar surface area (TPSA) is 55.4 Å². The second-order valence-corrected chi connectivity index (χ2v) is 7.55. The van der Waals surface area contributed by atoms with Crippen molar-refractivity contribution in [1.82, 2.24) is 4.72 Å². The van der Waals surface area contributed by atoms with Crippen molar-refractivity contribution in [2.45, 2.75) is 11.1 Å². The van der Waals surface area contributed by atoms with Crippen LogP contribution < -0.4 is 4.72 Å². The third-order valence-corrected chi connectivity index (χ3v) is 6.04. The lowest BCUT2D eigenvalue weighted by Gasteiger charge is -2.04. The lowest BCUT2D eigenvalue weighted by Crippen LogP contribution is -2.26. The Kier molecular flexibility index (Phi) is 5.69. The molecule has 0 saturated heterocycles. The van der Waals surface area contributed by atoms with Crippen LogP contribution in [0.4, 0.5) is 0 Å². The highest BCUT2D eigenvalue weighted by molar-refractivity contribution is 9.11. The number of hydrogen-bond donors (Lipinski definition) is 1. The number of thiophene rings is 1. The fraction of sp³-hybridized carbons (Fsp3) is 0.500. The van der Waals surface area contributed by atoms with Crippen LogP contribution in [0.1, 0.15) is 6.92 Å².